The molecule has 0 spiro atoms. The highest BCUT2D eigenvalue weighted by Crippen LogP contribution is 2.31. The summed E-state index contributed by atoms with van der Waals surface area (Å²) in [6.45, 7) is 1.84. The minimum Gasteiger partial charge on any atom is -0.449 e. The molecule has 3 rings (SSSR count). The zero-order valence-electron chi connectivity index (χ0n) is 14.5. The van der Waals surface area contributed by atoms with E-state index in [1.54, 1.807) is 6.92 Å². The Morgan fingerprint density at radius 2 is 1.31 bits per heavy atom. The van der Waals surface area contributed by atoms with Gasteiger partial charge in [-0.25, -0.2) is 4.79 Å². The van der Waals surface area contributed by atoms with Crippen LogP contribution in [0.4, 0.5) is 0 Å². The summed E-state index contributed by atoms with van der Waals surface area (Å²) in [5.74, 6) is 5.09. The highest BCUT2D eigenvalue weighted by atomic mass is 32.2. The Balaban J connectivity index is 1.90. The van der Waals surface area contributed by atoms with E-state index in [9.17, 15) is 4.79 Å². The zero-order chi connectivity index (χ0) is 18.2. The summed E-state index contributed by atoms with van der Waals surface area (Å²) in [6, 6.07) is 28.5. The van der Waals surface area contributed by atoms with E-state index in [1.807, 2.05) is 36.4 Å². The molecule has 0 heterocycles. The number of carbonyl (C=O) groups is 1. The Kier molecular flexibility index (Phi) is 6.14. The Hall–Kier alpha value is -2.96. The summed E-state index contributed by atoms with van der Waals surface area (Å²) in [7, 11) is -0.217. The molecule has 2 nitrogen and oxygen atoms in total. The van der Waals surface area contributed by atoms with Crippen LogP contribution in [0.5, 0.6) is 0 Å². The fourth-order valence-electron chi connectivity index (χ4n) is 2.51. The van der Waals surface area contributed by atoms with E-state index >= 15 is 0 Å². The van der Waals surface area contributed by atoms with Crippen LogP contribution in [0.2, 0.25) is 0 Å². The van der Waals surface area contributed by atoms with Crippen molar-refractivity contribution in [1.82, 2.24) is 0 Å². The topological polar surface area (TPSA) is 26.3 Å². The summed E-state index contributed by atoms with van der Waals surface area (Å²) in [4.78, 5) is 15.7. The van der Waals surface area contributed by atoms with Crippen molar-refractivity contribution >= 4 is 16.9 Å². The van der Waals surface area contributed by atoms with Crippen LogP contribution in [-0.2, 0) is 15.6 Å². The lowest BCUT2D eigenvalue weighted by Crippen LogP contribution is -2.07. The zero-order valence-corrected chi connectivity index (χ0v) is 15.3. The van der Waals surface area contributed by atoms with Crippen molar-refractivity contribution in [3.05, 3.63) is 90.5 Å². The van der Waals surface area contributed by atoms with E-state index in [4.69, 9.17) is 4.74 Å². The van der Waals surface area contributed by atoms with Crippen LogP contribution < -0.4 is 0 Å². The lowest BCUT2D eigenvalue weighted by Gasteiger charge is -2.08. The quantitative estimate of drug-likeness (QED) is 0.365. The number of rotatable bonds is 5. The normalized spacial score (nSPS) is 10.1. The minimum atomic E-state index is -0.349. The highest BCUT2D eigenvalue weighted by molar-refractivity contribution is 7.97. The largest absolute Gasteiger partial charge is 0.449 e. The second-order valence-electron chi connectivity index (χ2n) is 5.46. The van der Waals surface area contributed by atoms with Gasteiger partial charge in [-0.05, 0) is 55.5 Å². The maximum absolute atomic E-state index is 12.1. The Labute approximate surface area is 157 Å². The predicted octanol–water partition coefficient (Wildman–Crippen LogP) is 4.96. The van der Waals surface area contributed by atoms with Crippen LogP contribution in [-0.4, -0.2) is 12.6 Å². The Morgan fingerprint density at radius 3 is 1.81 bits per heavy atom. The molecule has 26 heavy (non-hydrogen) atoms. The fraction of sp³-hybridized carbons (Fsp3) is 0.0870. The maximum Gasteiger partial charge on any atom is 0.339 e. The molecule has 3 heteroatoms. The van der Waals surface area contributed by atoms with E-state index in [2.05, 4.69) is 60.4 Å². The lowest BCUT2D eigenvalue weighted by atomic mass is 10.2. The average Bonchev–Trinajstić information content (AvgIpc) is 2.70. The van der Waals surface area contributed by atoms with Gasteiger partial charge in [0.2, 0.25) is 0 Å². The number of hydrogen-bond donors (Lipinski definition) is 0. The van der Waals surface area contributed by atoms with Crippen LogP contribution in [0.15, 0.2) is 99.6 Å². The molecule has 0 fully saturated rings. The summed E-state index contributed by atoms with van der Waals surface area (Å²) >= 11 is 0. The van der Waals surface area contributed by atoms with E-state index in [0.29, 0.717) is 5.56 Å². The summed E-state index contributed by atoms with van der Waals surface area (Å²) in [5, 5.41) is 0. The van der Waals surface area contributed by atoms with Gasteiger partial charge in [-0.1, -0.05) is 42.3 Å². The fourth-order valence-corrected chi connectivity index (χ4v) is 4.59. The maximum atomic E-state index is 12.1. The molecule has 0 amide bonds. The summed E-state index contributed by atoms with van der Waals surface area (Å²) in [6.07, 6.45) is 0. The van der Waals surface area contributed by atoms with Crippen molar-refractivity contribution in [2.75, 3.05) is 6.61 Å². The SMILES string of the molecule is CC#CCOC(=O)c1ccc([S+](c2ccccc2)c2ccccc2)cc1. The van der Waals surface area contributed by atoms with Gasteiger partial charge in [-0.3, -0.25) is 0 Å². The van der Waals surface area contributed by atoms with Gasteiger partial charge in [-0.2, -0.15) is 0 Å². The number of benzene rings is 3. The van der Waals surface area contributed by atoms with E-state index < -0.39 is 0 Å². The number of esters is 1. The first-order valence-corrected chi connectivity index (χ1v) is 9.53. The third kappa shape index (κ3) is 4.36. The van der Waals surface area contributed by atoms with Gasteiger partial charge in [0, 0.05) is 0 Å². The average molecular weight is 359 g/mol. The molecule has 0 saturated heterocycles. The molecule has 0 aliphatic heterocycles. The first-order chi connectivity index (χ1) is 12.8. The molecule has 0 N–H and O–H groups in total. The molecule has 0 aromatic heterocycles. The van der Waals surface area contributed by atoms with Crippen molar-refractivity contribution in [2.24, 2.45) is 0 Å². The van der Waals surface area contributed by atoms with Crippen LogP contribution in [0.25, 0.3) is 0 Å². The van der Waals surface area contributed by atoms with Crippen LogP contribution in [0, 0.1) is 11.8 Å². The minimum absolute atomic E-state index is 0.121. The standard InChI is InChI=1S/C23H19O2S/c1-2-3-18-25-23(24)19-14-16-22(17-15-19)26(20-10-6-4-7-11-20)21-12-8-5-9-13-21/h4-17H,18H2,1H3/q+1. The number of ether oxygens (including phenoxy) is 1. The van der Waals surface area contributed by atoms with Gasteiger partial charge < -0.3 is 4.74 Å². The second-order valence-corrected chi connectivity index (χ2v) is 7.49. The van der Waals surface area contributed by atoms with Gasteiger partial charge in [0.05, 0.1) is 16.5 Å². The van der Waals surface area contributed by atoms with E-state index in [0.717, 1.165) is 4.90 Å². The predicted molar refractivity (Wildman–Crippen MR) is 105 cm³/mol. The molecule has 128 valence electrons. The molecule has 0 unspecified atom stereocenters. The van der Waals surface area contributed by atoms with Crippen LogP contribution in [0.1, 0.15) is 17.3 Å². The molecular weight excluding hydrogens is 340 g/mol. The monoisotopic (exact) mass is 359 g/mol. The van der Waals surface area contributed by atoms with Gasteiger partial charge in [0.15, 0.2) is 21.3 Å². The van der Waals surface area contributed by atoms with Gasteiger partial charge >= 0.3 is 5.97 Å². The van der Waals surface area contributed by atoms with Gasteiger partial charge in [0.25, 0.3) is 0 Å². The number of carbonyl (C=O) groups excluding carboxylic acids is 1. The van der Waals surface area contributed by atoms with Crippen molar-refractivity contribution in [3.63, 3.8) is 0 Å². The van der Waals surface area contributed by atoms with Crippen molar-refractivity contribution in [3.8, 4) is 11.8 Å². The molecule has 0 aliphatic carbocycles. The molecule has 0 atom stereocenters. The first-order valence-electron chi connectivity index (χ1n) is 8.31. The van der Waals surface area contributed by atoms with Crippen molar-refractivity contribution in [2.45, 2.75) is 21.6 Å². The van der Waals surface area contributed by atoms with Gasteiger partial charge in [0.1, 0.15) is 0 Å². The molecule has 0 aliphatic rings. The molecule has 3 aromatic carbocycles. The summed E-state index contributed by atoms with van der Waals surface area (Å²) in [5.41, 5.74) is 0.538. The van der Waals surface area contributed by atoms with Crippen molar-refractivity contribution < 1.29 is 9.53 Å². The van der Waals surface area contributed by atoms with Gasteiger partial charge in [-0.15, -0.1) is 5.92 Å². The summed E-state index contributed by atoms with van der Waals surface area (Å²) < 4.78 is 5.13. The smallest absolute Gasteiger partial charge is 0.339 e. The van der Waals surface area contributed by atoms with E-state index in [1.165, 1.54) is 9.79 Å². The molecule has 3 aromatic rings. The lowest BCUT2D eigenvalue weighted by molar-refractivity contribution is 0.0556. The van der Waals surface area contributed by atoms with E-state index in [-0.39, 0.29) is 23.5 Å². The molecule has 0 radical (unpaired) electrons. The van der Waals surface area contributed by atoms with Crippen LogP contribution >= 0.6 is 0 Å². The van der Waals surface area contributed by atoms with Crippen molar-refractivity contribution in [1.29, 1.82) is 0 Å². The van der Waals surface area contributed by atoms with Crippen LogP contribution in [0.3, 0.4) is 0 Å². The first kappa shape index (κ1) is 17.8. The second kappa shape index (κ2) is 8.94. The molecule has 0 saturated carbocycles. The third-order valence-electron chi connectivity index (χ3n) is 3.74. The molecule has 0 bridgehead atoms. The Bertz CT molecular complexity index is 868. The number of hydrogen-bond acceptors (Lipinski definition) is 2. The molecular formula is C23H19O2S+. The third-order valence-corrected chi connectivity index (χ3v) is 5.97. The highest BCUT2D eigenvalue weighted by Gasteiger charge is 2.28. The Morgan fingerprint density at radius 1 is 0.808 bits per heavy atom.